The van der Waals surface area contributed by atoms with Crippen LogP contribution in [-0.2, 0) is 16.6 Å². The molecule has 0 aliphatic heterocycles. The maximum absolute atomic E-state index is 11.1. The largest absolute Gasteiger partial charge is 0.381 e. The summed E-state index contributed by atoms with van der Waals surface area (Å²) in [7, 11) is -3.65. The number of primary sulfonamides is 1. The van der Waals surface area contributed by atoms with Crippen LogP contribution < -0.4 is 10.5 Å². The number of sulfonamides is 1. The molecule has 2 aromatic carbocycles. The number of halogens is 2. The first-order valence-electron chi connectivity index (χ1n) is 5.67. The quantitative estimate of drug-likeness (QED) is 0.860. The average molecular weight is 376 g/mol. The Morgan fingerprint density at radius 3 is 2.40 bits per heavy atom. The predicted molar refractivity (Wildman–Crippen MR) is 84.3 cm³/mol. The van der Waals surface area contributed by atoms with Gasteiger partial charge in [-0.3, -0.25) is 0 Å². The molecule has 0 atom stereocenters. The van der Waals surface area contributed by atoms with Crippen LogP contribution in [0.25, 0.3) is 0 Å². The second-order valence-corrected chi connectivity index (χ2v) is 7.01. The fraction of sp³-hybridized carbons (Fsp3) is 0.0769. The zero-order chi connectivity index (χ0) is 14.8. The molecular formula is C13H12BrClN2O2S. The second-order valence-electron chi connectivity index (χ2n) is 4.16. The third kappa shape index (κ3) is 3.96. The molecule has 0 fully saturated rings. The van der Waals surface area contributed by atoms with Gasteiger partial charge in [-0.25, -0.2) is 13.6 Å². The van der Waals surface area contributed by atoms with Crippen molar-refractivity contribution in [3.8, 4) is 0 Å². The van der Waals surface area contributed by atoms with E-state index >= 15 is 0 Å². The van der Waals surface area contributed by atoms with Gasteiger partial charge in [0.15, 0.2) is 0 Å². The van der Waals surface area contributed by atoms with Crippen LogP contribution >= 0.6 is 27.5 Å². The molecule has 0 unspecified atom stereocenters. The highest BCUT2D eigenvalue weighted by molar-refractivity contribution is 9.10. The SMILES string of the molecule is NS(=O)(=O)c1ccc(NCc2cc(Cl)ccc2Br)cc1. The summed E-state index contributed by atoms with van der Waals surface area (Å²) in [4.78, 5) is 0.0898. The molecule has 0 saturated carbocycles. The summed E-state index contributed by atoms with van der Waals surface area (Å²) < 4.78 is 23.2. The summed E-state index contributed by atoms with van der Waals surface area (Å²) in [5, 5.41) is 8.88. The number of hydrogen-bond acceptors (Lipinski definition) is 3. The summed E-state index contributed by atoms with van der Waals surface area (Å²) >= 11 is 9.39. The van der Waals surface area contributed by atoms with Crippen molar-refractivity contribution >= 4 is 43.2 Å². The Kier molecular flexibility index (Phi) is 4.70. The molecule has 4 nitrogen and oxygen atoms in total. The fourth-order valence-electron chi connectivity index (χ4n) is 1.64. The van der Waals surface area contributed by atoms with Gasteiger partial charge >= 0.3 is 0 Å². The van der Waals surface area contributed by atoms with Gasteiger partial charge in [-0.2, -0.15) is 0 Å². The number of benzene rings is 2. The third-order valence-corrected chi connectivity index (χ3v) is 4.61. The lowest BCUT2D eigenvalue weighted by Gasteiger charge is -2.09. The van der Waals surface area contributed by atoms with Crippen LogP contribution in [0.4, 0.5) is 5.69 Å². The molecule has 0 aromatic heterocycles. The smallest absolute Gasteiger partial charge is 0.238 e. The Bertz CT molecular complexity index is 718. The molecule has 20 heavy (non-hydrogen) atoms. The predicted octanol–water partition coefficient (Wildman–Crippen LogP) is 3.36. The zero-order valence-corrected chi connectivity index (χ0v) is 13.5. The highest BCUT2D eigenvalue weighted by atomic mass is 79.9. The van der Waals surface area contributed by atoms with E-state index in [1.807, 2.05) is 12.1 Å². The van der Waals surface area contributed by atoms with Crippen molar-refractivity contribution in [3.63, 3.8) is 0 Å². The molecule has 3 N–H and O–H groups in total. The van der Waals surface area contributed by atoms with Gasteiger partial charge in [-0.15, -0.1) is 0 Å². The van der Waals surface area contributed by atoms with Gasteiger partial charge in [0.05, 0.1) is 4.90 Å². The maximum atomic E-state index is 11.1. The third-order valence-electron chi connectivity index (χ3n) is 2.67. The fourth-order valence-corrected chi connectivity index (χ4v) is 2.74. The van der Waals surface area contributed by atoms with E-state index in [0.717, 1.165) is 15.7 Å². The lowest BCUT2D eigenvalue weighted by molar-refractivity contribution is 0.598. The Morgan fingerprint density at radius 1 is 1.15 bits per heavy atom. The minimum Gasteiger partial charge on any atom is -0.381 e. The van der Waals surface area contributed by atoms with Crippen LogP contribution in [-0.4, -0.2) is 8.42 Å². The minimum atomic E-state index is -3.65. The number of nitrogens with two attached hydrogens (primary N) is 1. The minimum absolute atomic E-state index is 0.0898. The van der Waals surface area contributed by atoms with Crippen LogP contribution in [0.3, 0.4) is 0 Å². The molecule has 7 heteroatoms. The van der Waals surface area contributed by atoms with Gasteiger partial charge in [0, 0.05) is 21.7 Å². The second kappa shape index (κ2) is 6.13. The van der Waals surface area contributed by atoms with Crippen LogP contribution in [0.1, 0.15) is 5.56 Å². The number of nitrogens with one attached hydrogen (secondary N) is 1. The normalized spacial score (nSPS) is 11.3. The van der Waals surface area contributed by atoms with E-state index < -0.39 is 10.0 Å². The maximum Gasteiger partial charge on any atom is 0.238 e. The van der Waals surface area contributed by atoms with Gasteiger partial charge in [0.25, 0.3) is 0 Å². The van der Waals surface area contributed by atoms with Crippen LogP contribution in [0.15, 0.2) is 51.8 Å². The first-order chi connectivity index (χ1) is 9.36. The summed E-state index contributed by atoms with van der Waals surface area (Å²) in [5.74, 6) is 0. The van der Waals surface area contributed by atoms with Crippen molar-refractivity contribution in [2.45, 2.75) is 11.4 Å². The van der Waals surface area contributed by atoms with Gasteiger partial charge in [-0.1, -0.05) is 27.5 Å². The lowest BCUT2D eigenvalue weighted by Crippen LogP contribution is -2.12. The molecule has 0 amide bonds. The van der Waals surface area contributed by atoms with Crippen molar-refractivity contribution in [1.82, 2.24) is 0 Å². The van der Waals surface area contributed by atoms with E-state index in [9.17, 15) is 8.42 Å². The molecule has 0 bridgehead atoms. The molecular weight excluding hydrogens is 364 g/mol. The first kappa shape index (κ1) is 15.3. The van der Waals surface area contributed by atoms with Crippen molar-refractivity contribution in [1.29, 1.82) is 0 Å². The monoisotopic (exact) mass is 374 g/mol. The van der Waals surface area contributed by atoms with E-state index in [4.69, 9.17) is 16.7 Å². The van der Waals surface area contributed by atoms with Gasteiger partial charge in [-0.05, 0) is 48.0 Å². The van der Waals surface area contributed by atoms with Crippen LogP contribution in [0, 0.1) is 0 Å². The molecule has 106 valence electrons. The molecule has 0 spiro atoms. The Hall–Kier alpha value is -1.08. The molecule has 2 aromatic rings. The van der Waals surface area contributed by atoms with E-state index in [-0.39, 0.29) is 4.90 Å². The van der Waals surface area contributed by atoms with Crippen molar-refractivity contribution < 1.29 is 8.42 Å². The molecule has 0 aliphatic carbocycles. The zero-order valence-electron chi connectivity index (χ0n) is 10.3. The summed E-state index contributed by atoms with van der Waals surface area (Å²) in [6.07, 6.45) is 0. The molecule has 0 heterocycles. The van der Waals surface area contributed by atoms with E-state index in [0.29, 0.717) is 11.6 Å². The van der Waals surface area contributed by atoms with Crippen LogP contribution in [0.2, 0.25) is 5.02 Å². The van der Waals surface area contributed by atoms with Gasteiger partial charge in [0.2, 0.25) is 10.0 Å². The summed E-state index contributed by atoms with van der Waals surface area (Å²) in [6, 6.07) is 11.8. The van der Waals surface area contributed by atoms with Gasteiger partial charge in [0.1, 0.15) is 0 Å². The topological polar surface area (TPSA) is 72.2 Å². The molecule has 2 rings (SSSR count). The van der Waals surface area contributed by atoms with Crippen molar-refractivity contribution in [2.75, 3.05) is 5.32 Å². The lowest BCUT2D eigenvalue weighted by atomic mass is 10.2. The highest BCUT2D eigenvalue weighted by Gasteiger charge is 2.07. The van der Waals surface area contributed by atoms with Crippen molar-refractivity contribution in [2.24, 2.45) is 5.14 Å². The van der Waals surface area contributed by atoms with Crippen LogP contribution in [0.5, 0.6) is 0 Å². The Labute approximate surface area is 131 Å². The van der Waals surface area contributed by atoms with E-state index in [2.05, 4.69) is 21.2 Å². The molecule has 0 radical (unpaired) electrons. The Morgan fingerprint density at radius 2 is 1.80 bits per heavy atom. The first-order valence-corrected chi connectivity index (χ1v) is 8.38. The van der Waals surface area contributed by atoms with E-state index in [1.54, 1.807) is 18.2 Å². The van der Waals surface area contributed by atoms with E-state index in [1.165, 1.54) is 12.1 Å². The number of rotatable bonds is 4. The summed E-state index contributed by atoms with van der Waals surface area (Å²) in [6.45, 7) is 0.565. The summed E-state index contributed by atoms with van der Waals surface area (Å²) in [5.41, 5.74) is 1.80. The van der Waals surface area contributed by atoms with Gasteiger partial charge < -0.3 is 5.32 Å². The average Bonchev–Trinajstić information content (AvgIpc) is 2.39. The van der Waals surface area contributed by atoms with Crippen molar-refractivity contribution in [3.05, 3.63) is 57.5 Å². The molecule has 0 aliphatic rings. The Balaban J connectivity index is 2.10. The number of hydrogen-bond donors (Lipinski definition) is 2. The molecule has 0 saturated heterocycles. The number of anilines is 1. The standard InChI is InChI=1S/C13H12BrClN2O2S/c14-13-6-1-10(15)7-9(13)8-17-11-2-4-12(5-3-11)20(16,18)19/h1-7,17H,8H2,(H2,16,18,19). The highest BCUT2D eigenvalue weighted by Crippen LogP contribution is 2.22.